The van der Waals surface area contributed by atoms with E-state index in [0.29, 0.717) is 0 Å². The molecule has 0 aliphatic rings. The van der Waals surface area contributed by atoms with Gasteiger partial charge in [-0.2, -0.15) is 0 Å². The fraction of sp³-hybridized carbons (Fsp3) is 0. The largest absolute Gasteiger partial charge is 0.265 e. The van der Waals surface area contributed by atoms with Crippen LogP contribution in [0.1, 0.15) is 0 Å². The second kappa shape index (κ2) is 3.48. The summed E-state index contributed by atoms with van der Waals surface area (Å²) in [6.07, 6.45) is 3.65. The lowest BCUT2D eigenvalue weighted by atomic mass is 10.2. The van der Waals surface area contributed by atoms with E-state index in [4.69, 9.17) is 0 Å². The van der Waals surface area contributed by atoms with Gasteiger partial charge in [-0.05, 0) is 35.9 Å². The first-order chi connectivity index (χ1) is 7.43. The first-order valence-corrected chi connectivity index (χ1v) is 5.56. The van der Waals surface area contributed by atoms with E-state index in [1.54, 1.807) is 11.3 Å². The molecule has 0 bridgehead atoms. The maximum absolute atomic E-state index is 4.02. The summed E-state index contributed by atoms with van der Waals surface area (Å²) < 4.78 is 1.28. The van der Waals surface area contributed by atoms with Crippen molar-refractivity contribution in [3.63, 3.8) is 0 Å². The molecule has 0 aliphatic carbocycles. The number of thiophene rings is 1. The molecule has 2 heteroatoms. The van der Waals surface area contributed by atoms with Crippen LogP contribution < -0.4 is 0 Å². The summed E-state index contributed by atoms with van der Waals surface area (Å²) in [4.78, 5) is 5.29. The van der Waals surface area contributed by atoms with Gasteiger partial charge in [0.25, 0.3) is 0 Å². The van der Waals surface area contributed by atoms with E-state index in [-0.39, 0.29) is 0 Å². The molecule has 3 aromatic rings. The van der Waals surface area contributed by atoms with E-state index >= 15 is 0 Å². The Labute approximate surface area is 92.0 Å². The Bertz CT molecular complexity index is 551. The zero-order valence-corrected chi connectivity index (χ0v) is 8.79. The molecule has 0 amide bonds. The average molecular weight is 210 g/mol. The number of hydrogen-bond donors (Lipinski definition) is 0. The molecule has 0 saturated carbocycles. The topological polar surface area (TPSA) is 12.9 Å². The molecular weight excluding hydrogens is 202 g/mol. The molecule has 0 fully saturated rings. The normalized spacial score (nSPS) is 10.7. The maximum atomic E-state index is 4.02. The van der Waals surface area contributed by atoms with Crippen LogP contribution in [0.25, 0.3) is 20.5 Å². The molecule has 0 unspecified atom stereocenters. The molecule has 0 N–H and O–H groups in total. The van der Waals surface area contributed by atoms with E-state index in [1.165, 1.54) is 20.5 Å². The standard InChI is InChI=1S/C13H8NS/c1-2-4-12-11(3-1)9-13(15-12)10-5-7-14-8-6-10/h1-2,4-9H. The van der Waals surface area contributed by atoms with E-state index in [2.05, 4.69) is 23.2 Å². The molecule has 0 atom stereocenters. The molecule has 3 rings (SSSR count). The van der Waals surface area contributed by atoms with Gasteiger partial charge in [-0.3, -0.25) is 4.98 Å². The lowest BCUT2D eigenvalue weighted by molar-refractivity contribution is 1.33. The third kappa shape index (κ3) is 1.53. The van der Waals surface area contributed by atoms with E-state index < -0.39 is 0 Å². The lowest BCUT2D eigenvalue weighted by Crippen LogP contribution is -1.71. The van der Waals surface area contributed by atoms with Gasteiger partial charge in [-0.1, -0.05) is 12.1 Å². The van der Waals surface area contributed by atoms with Crippen LogP contribution >= 0.6 is 11.3 Å². The predicted octanol–water partition coefficient (Wildman–Crippen LogP) is 3.76. The van der Waals surface area contributed by atoms with Crippen molar-refractivity contribution in [2.45, 2.75) is 0 Å². The van der Waals surface area contributed by atoms with Crippen LogP contribution in [0.2, 0.25) is 0 Å². The summed E-state index contributed by atoms with van der Waals surface area (Å²) in [5, 5.41) is 1.19. The molecular formula is C13H8NS. The van der Waals surface area contributed by atoms with Crippen molar-refractivity contribution < 1.29 is 0 Å². The minimum atomic E-state index is 1.19. The quantitative estimate of drug-likeness (QED) is 0.596. The summed E-state index contributed by atoms with van der Waals surface area (Å²) in [5.41, 5.74) is 1.22. The van der Waals surface area contributed by atoms with Gasteiger partial charge in [0, 0.05) is 27.4 Å². The first-order valence-electron chi connectivity index (χ1n) is 4.74. The van der Waals surface area contributed by atoms with E-state index in [1.807, 2.05) is 36.7 Å². The number of nitrogens with zero attached hydrogens (tertiary/aromatic N) is 1. The van der Waals surface area contributed by atoms with Crippen LogP contribution in [0.3, 0.4) is 0 Å². The van der Waals surface area contributed by atoms with Gasteiger partial charge in [0.15, 0.2) is 0 Å². The average Bonchev–Trinajstić information content (AvgIpc) is 2.74. The van der Waals surface area contributed by atoms with Crippen molar-refractivity contribution in [3.8, 4) is 10.4 Å². The van der Waals surface area contributed by atoms with Gasteiger partial charge in [0.2, 0.25) is 0 Å². The molecule has 0 spiro atoms. The smallest absolute Gasteiger partial charge is 0.0356 e. The number of aromatic nitrogens is 1. The SMILES string of the molecule is [c]1cccc2sc(-c3ccncc3)cc12. The molecule has 1 nitrogen and oxygen atoms in total. The van der Waals surface area contributed by atoms with Gasteiger partial charge in [0.05, 0.1) is 0 Å². The van der Waals surface area contributed by atoms with Crippen LogP contribution in [0, 0.1) is 6.07 Å². The number of hydrogen-bond acceptors (Lipinski definition) is 2. The Morgan fingerprint density at radius 2 is 2.00 bits per heavy atom. The van der Waals surface area contributed by atoms with Gasteiger partial charge >= 0.3 is 0 Å². The lowest BCUT2D eigenvalue weighted by Gasteiger charge is -1.93. The van der Waals surface area contributed by atoms with Crippen molar-refractivity contribution in [1.29, 1.82) is 0 Å². The van der Waals surface area contributed by atoms with Gasteiger partial charge < -0.3 is 0 Å². The fourth-order valence-electron chi connectivity index (χ4n) is 1.57. The predicted molar refractivity (Wildman–Crippen MR) is 63.9 cm³/mol. The van der Waals surface area contributed by atoms with Crippen LogP contribution in [-0.2, 0) is 0 Å². The Morgan fingerprint density at radius 1 is 1.13 bits per heavy atom. The Kier molecular flexibility index (Phi) is 2.00. The fourth-order valence-corrected chi connectivity index (χ4v) is 2.62. The maximum Gasteiger partial charge on any atom is 0.0356 e. The van der Waals surface area contributed by atoms with E-state index in [9.17, 15) is 0 Å². The highest BCUT2D eigenvalue weighted by molar-refractivity contribution is 7.22. The summed E-state index contributed by atoms with van der Waals surface area (Å²) >= 11 is 1.79. The highest BCUT2D eigenvalue weighted by Gasteiger charge is 2.02. The summed E-state index contributed by atoms with van der Waals surface area (Å²) in [7, 11) is 0. The highest BCUT2D eigenvalue weighted by atomic mass is 32.1. The number of rotatable bonds is 1. The third-order valence-electron chi connectivity index (χ3n) is 2.31. The number of pyridine rings is 1. The highest BCUT2D eigenvalue weighted by Crippen LogP contribution is 2.32. The van der Waals surface area contributed by atoms with E-state index in [0.717, 1.165) is 0 Å². The van der Waals surface area contributed by atoms with Crippen LogP contribution in [0.5, 0.6) is 0 Å². The van der Waals surface area contributed by atoms with Gasteiger partial charge in [-0.25, -0.2) is 0 Å². The van der Waals surface area contributed by atoms with Crippen LogP contribution in [-0.4, -0.2) is 4.98 Å². The Balaban J connectivity index is 2.21. The molecule has 71 valence electrons. The summed E-state index contributed by atoms with van der Waals surface area (Å²) in [6.45, 7) is 0. The Hall–Kier alpha value is -1.67. The number of fused-ring (bicyclic) bond motifs is 1. The van der Waals surface area contributed by atoms with Crippen LogP contribution in [0.15, 0.2) is 48.8 Å². The molecule has 1 aromatic carbocycles. The first kappa shape index (κ1) is 8.62. The van der Waals surface area contributed by atoms with Crippen molar-refractivity contribution in [2.24, 2.45) is 0 Å². The zero-order valence-electron chi connectivity index (χ0n) is 7.97. The number of benzene rings is 1. The zero-order chi connectivity index (χ0) is 10.1. The minimum absolute atomic E-state index is 1.19. The summed E-state index contributed by atoms with van der Waals surface area (Å²) in [6, 6.07) is 15.6. The molecule has 2 aromatic heterocycles. The van der Waals surface area contributed by atoms with Gasteiger partial charge in [0.1, 0.15) is 0 Å². The summed E-state index contributed by atoms with van der Waals surface area (Å²) in [5.74, 6) is 0. The molecule has 2 heterocycles. The third-order valence-corrected chi connectivity index (χ3v) is 3.46. The van der Waals surface area contributed by atoms with Crippen molar-refractivity contribution >= 4 is 21.4 Å². The Morgan fingerprint density at radius 3 is 2.80 bits per heavy atom. The van der Waals surface area contributed by atoms with Gasteiger partial charge in [-0.15, -0.1) is 11.3 Å². The second-order valence-electron chi connectivity index (χ2n) is 3.29. The van der Waals surface area contributed by atoms with Crippen molar-refractivity contribution in [2.75, 3.05) is 0 Å². The molecule has 15 heavy (non-hydrogen) atoms. The molecule has 0 aliphatic heterocycles. The second-order valence-corrected chi connectivity index (χ2v) is 4.38. The minimum Gasteiger partial charge on any atom is -0.265 e. The van der Waals surface area contributed by atoms with Crippen LogP contribution in [0.4, 0.5) is 0 Å². The molecule has 0 saturated heterocycles. The molecule has 1 radical (unpaired) electrons. The van der Waals surface area contributed by atoms with Crippen molar-refractivity contribution in [3.05, 3.63) is 54.9 Å². The van der Waals surface area contributed by atoms with Crippen molar-refractivity contribution in [1.82, 2.24) is 4.98 Å². The monoisotopic (exact) mass is 210 g/mol.